The molecule has 0 radical (unpaired) electrons. The van der Waals surface area contributed by atoms with Gasteiger partial charge in [0.15, 0.2) is 0 Å². The minimum absolute atomic E-state index is 0.0636. The van der Waals surface area contributed by atoms with E-state index in [-0.39, 0.29) is 18.2 Å². The van der Waals surface area contributed by atoms with Crippen LogP contribution in [0.5, 0.6) is 0 Å². The van der Waals surface area contributed by atoms with Crippen LogP contribution < -0.4 is 5.73 Å². The maximum absolute atomic E-state index is 6.35. The van der Waals surface area contributed by atoms with Gasteiger partial charge in [-0.05, 0) is 42.7 Å². The molecule has 1 aromatic rings. The highest BCUT2D eigenvalue weighted by atomic mass is 16.5. The van der Waals surface area contributed by atoms with Gasteiger partial charge in [-0.2, -0.15) is 0 Å². The van der Waals surface area contributed by atoms with E-state index >= 15 is 0 Å². The van der Waals surface area contributed by atoms with Gasteiger partial charge in [-0.1, -0.05) is 24.3 Å². The molecule has 3 heteroatoms. The minimum atomic E-state index is 0.0636. The number of nitrogens with two attached hydrogens (primary N) is 1. The van der Waals surface area contributed by atoms with Gasteiger partial charge >= 0.3 is 0 Å². The van der Waals surface area contributed by atoms with E-state index in [1.807, 2.05) is 0 Å². The molecule has 104 valence electrons. The van der Waals surface area contributed by atoms with Crippen LogP contribution >= 0.6 is 0 Å². The third-order valence-corrected chi connectivity index (χ3v) is 4.36. The summed E-state index contributed by atoms with van der Waals surface area (Å²) in [5.41, 5.74) is 9.08. The summed E-state index contributed by atoms with van der Waals surface area (Å²) in [4.78, 5) is 0. The van der Waals surface area contributed by atoms with Gasteiger partial charge in [0.05, 0.1) is 18.8 Å². The molecule has 1 aliphatic heterocycles. The Bertz CT molecular complexity index is 431. The van der Waals surface area contributed by atoms with Crippen molar-refractivity contribution < 1.29 is 9.47 Å². The summed E-state index contributed by atoms with van der Waals surface area (Å²) in [7, 11) is 1.78. The van der Waals surface area contributed by atoms with Crippen LogP contribution in [-0.2, 0) is 15.9 Å². The van der Waals surface area contributed by atoms with Gasteiger partial charge in [-0.15, -0.1) is 0 Å². The minimum Gasteiger partial charge on any atom is -0.380 e. The molecular formula is C16H23NO2. The highest BCUT2D eigenvalue weighted by Crippen LogP contribution is 2.38. The van der Waals surface area contributed by atoms with Crippen molar-refractivity contribution in [3.05, 3.63) is 35.4 Å². The highest BCUT2D eigenvalue weighted by Gasteiger charge is 2.37. The first kappa shape index (κ1) is 13.1. The number of ether oxygens (including phenoxy) is 2. The second-order valence-electron chi connectivity index (χ2n) is 5.75. The molecule has 1 aromatic carbocycles. The summed E-state index contributed by atoms with van der Waals surface area (Å²) in [6.45, 7) is 0.801. The van der Waals surface area contributed by atoms with Crippen molar-refractivity contribution in [1.29, 1.82) is 0 Å². The molecule has 0 saturated heterocycles. The molecule has 1 heterocycles. The normalized spacial score (nSPS) is 25.7. The fourth-order valence-corrected chi connectivity index (χ4v) is 3.19. The summed E-state index contributed by atoms with van der Waals surface area (Å²) >= 11 is 0. The van der Waals surface area contributed by atoms with Crippen molar-refractivity contribution in [2.45, 2.75) is 43.9 Å². The van der Waals surface area contributed by atoms with Crippen molar-refractivity contribution in [3.8, 4) is 0 Å². The Morgan fingerprint density at radius 3 is 2.89 bits per heavy atom. The quantitative estimate of drug-likeness (QED) is 0.885. The summed E-state index contributed by atoms with van der Waals surface area (Å²) in [6.07, 6.45) is 4.71. The zero-order chi connectivity index (χ0) is 13.2. The number of benzene rings is 1. The van der Waals surface area contributed by atoms with Crippen molar-refractivity contribution in [3.63, 3.8) is 0 Å². The zero-order valence-corrected chi connectivity index (χ0v) is 11.5. The van der Waals surface area contributed by atoms with Crippen LogP contribution in [0.2, 0.25) is 0 Å². The maximum atomic E-state index is 6.35. The predicted octanol–water partition coefficient (Wildman–Crippen LogP) is 2.44. The third-order valence-electron chi connectivity index (χ3n) is 4.36. The number of methoxy groups -OCH3 is 1. The molecule has 1 saturated carbocycles. The van der Waals surface area contributed by atoms with E-state index in [0.29, 0.717) is 5.92 Å². The van der Waals surface area contributed by atoms with E-state index in [0.717, 1.165) is 19.4 Å². The van der Waals surface area contributed by atoms with Crippen LogP contribution in [0.4, 0.5) is 0 Å². The van der Waals surface area contributed by atoms with Crippen molar-refractivity contribution >= 4 is 0 Å². The number of hydrogen-bond donors (Lipinski definition) is 1. The lowest BCUT2D eigenvalue weighted by Gasteiger charge is -2.30. The fraction of sp³-hybridized carbons (Fsp3) is 0.625. The number of rotatable bonds is 5. The van der Waals surface area contributed by atoms with Gasteiger partial charge in [-0.25, -0.2) is 0 Å². The highest BCUT2D eigenvalue weighted by molar-refractivity contribution is 5.31. The molecule has 3 nitrogen and oxygen atoms in total. The molecule has 0 aromatic heterocycles. The van der Waals surface area contributed by atoms with E-state index in [1.165, 1.54) is 24.0 Å². The van der Waals surface area contributed by atoms with E-state index in [9.17, 15) is 0 Å². The Hall–Kier alpha value is -0.900. The SMILES string of the molecule is COC(C(N)CC1OCCc2ccccc21)C1CC1. The van der Waals surface area contributed by atoms with Crippen LogP contribution in [-0.4, -0.2) is 25.9 Å². The predicted molar refractivity (Wildman–Crippen MR) is 75.0 cm³/mol. The Morgan fingerprint density at radius 2 is 2.16 bits per heavy atom. The lowest BCUT2D eigenvalue weighted by Crippen LogP contribution is -2.39. The van der Waals surface area contributed by atoms with Crippen molar-refractivity contribution in [2.24, 2.45) is 11.7 Å². The second kappa shape index (κ2) is 5.61. The molecule has 0 bridgehead atoms. The van der Waals surface area contributed by atoms with Crippen LogP contribution in [0.3, 0.4) is 0 Å². The summed E-state index contributed by atoms with van der Waals surface area (Å²) in [6, 6.07) is 8.62. The van der Waals surface area contributed by atoms with Gasteiger partial charge < -0.3 is 15.2 Å². The van der Waals surface area contributed by atoms with Gasteiger partial charge in [0.25, 0.3) is 0 Å². The monoisotopic (exact) mass is 261 g/mol. The first-order valence-corrected chi connectivity index (χ1v) is 7.27. The Morgan fingerprint density at radius 1 is 1.37 bits per heavy atom. The largest absolute Gasteiger partial charge is 0.380 e. The van der Waals surface area contributed by atoms with E-state index in [4.69, 9.17) is 15.2 Å². The van der Waals surface area contributed by atoms with E-state index in [2.05, 4.69) is 24.3 Å². The maximum Gasteiger partial charge on any atom is 0.0843 e. The Balaban J connectivity index is 1.70. The average molecular weight is 261 g/mol. The molecule has 1 aliphatic carbocycles. The lowest BCUT2D eigenvalue weighted by molar-refractivity contribution is 0.00348. The first-order valence-electron chi connectivity index (χ1n) is 7.27. The van der Waals surface area contributed by atoms with Gasteiger partial charge in [0.1, 0.15) is 0 Å². The summed E-state index contributed by atoms with van der Waals surface area (Å²) in [5, 5.41) is 0. The van der Waals surface area contributed by atoms with Gasteiger partial charge in [0.2, 0.25) is 0 Å². The molecule has 2 N–H and O–H groups in total. The standard InChI is InChI=1S/C16H23NO2/c1-18-16(12-6-7-12)14(17)10-15-13-5-3-2-4-11(13)8-9-19-15/h2-5,12,14-16H,6-10,17H2,1H3. The molecule has 2 aliphatic rings. The van der Waals surface area contributed by atoms with Gasteiger partial charge in [0, 0.05) is 13.2 Å². The van der Waals surface area contributed by atoms with Crippen LogP contribution in [0.1, 0.15) is 36.5 Å². The molecule has 3 unspecified atom stereocenters. The molecule has 3 atom stereocenters. The first-order chi connectivity index (χ1) is 9.29. The third kappa shape index (κ3) is 2.83. The van der Waals surface area contributed by atoms with Crippen molar-refractivity contribution in [2.75, 3.05) is 13.7 Å². The van der Waals surface area contributed by atoms with Crippen LogP contribution in [0.25, 0.3) is 0 Å². The number of fused-ring (bicyclic) bond motifs is 1. The molecular weight excluding hydrogens is 238 g/mol. The lowest BCUT2D eigenvalue weighted by atomic mass is 9.91. The van der Waals surface area contributed by atoms with Crippen LogP contribution in [0, 0.1) is 5.92 Å². The number of hydrogen-bond acceptors (Lipinski definition) is 3. The topological polar surface area (TPSA) is 44.5 Å². The second-order valence-corrected chi connectivity index (χ2v) is 5.75. The molecule has 19 heavy (non-hydrogen) atoms. The van der Waals surface area contributed by atoms with Crippen molar-refractivity contribution in [1.82, 2.24) is 0 Å². The molecule has 3 rings (SSSR count). The van der Waals surface area contributed by atoms with Crippen LogP contribution in [0.15, 0.2) is 24.3 Å². The zero-order valence-electron chi connectivity index (χ0n) is 11.5. The van der Waals surface area contributed by atoms with E-state index in [1.54, 1.807) is 7.11 Å². The fourth-order valence-electron chi connectivity index (χ4n) is 3.19. The smallest absolute Gasteiger partial charge is 0.0843 e. The van der Waals surface area contributed by atoms with E-state index < -0.39 is 0 Å². The molecule has 0 amide bonds. The molecule has 0 spiro atoms. The summed E-state index contributed by atoms with van der Waals surface area (Å²) < 4.78 is 11.5. The van der Waals surface area contributed by atoms with Gasteiger partial charge in [-0.3, -0.25) is 0 Å². The summed E-state index contributed by atoms with van der Waals surface area (Å²) in [5.74, 6) is 0.666. The molecule has 1 fully saturated rings. The average Bonchev–Trinajstić information content (AvgIpc) is 3.25. The Labute approximate surface area is 115 Å². The Kier molecular flexibility index (Phi) is 3.87.